The molecule has 0 N–H and O–H groups in total. The summed E-state index contributed by atoms with van der Waals surface area (Å²) in [4.78, 5) is 23.4. The lowest BCUT2D eigenvalue weighted by Crippen LogP contribution is -2.23. The van der Waals surface area contributed by atoms with Crippen molar-refractivity contribution in [3.63, 3.8) is 0 Å². The van der Waals surface area contributed by atoms with Crippen molar-refractivity contribution >= 4 is 22.7 Å². The molecule has 0 aliphatic carbocycles. The second-order valence-electron chi connectivity index (χ2n) is 7.57. The number of methoxy groups -OCH3 is 1. The Hall–Kier alpha value is -3.48. The Labute approximate surface area is 188 Å². The molecule has 0 fully saturated rings. The van der Waals surface area contributed by atoms with Gasteiger partial charge in [-0.3, -0.25) is 0 Å². The van der Waals surface area contributed by atoms with E-state index in [1.807, 2.05) is 24.3 Å². The van der Waals surface area contributed by atoms with Gasteiger partial charge in [-0.2, -0.15) is 0 Å². The van der Waals surface area contributed by atoms with Crippen LogP contribution in [0.2, 0.25) is 0 Å². The lowest BCUT2D eigenvalue weighted by atomic mass is 10.1. The Morgan fingerprint density at radius 2 is 1.34 bits per heavy atom. The summed E-state index contributed by atoms with van der Waals surface area (Å²) in [6, 6.07) is 9.25. The summed E-state index contributed by atoms with van der Waals surface area (Å²) in [6.07, 6.45) is -0.953. The molecule has 2 aromatic rings. The van der Waals surface area contributed by atoms with Crippen LogP contribution in [-0.4, -0.2) is 44.5 Å². The summed E-state index contributed by atoms with van der Waals surface area (Å²) in [5.41, 5.74) is 0.651. The van der Waals surface area contributed by atoms with Gasteiger partial charge in [-0.05, 0) is 27.7 Å². The Balaban J connectivity index is 2.22. The molecular weight excluding hydrogens is 412 g/mol. The van der Waals surface area contributed by atoms with Crippen LogP contribution in [0, 0.1) is 0 Å². The minimum absolute atomic E-state index is 0.132. The number of carbonyl (C=O) groups is 2. The van der Waals surface area contributed by atoms with Crippen LogP contribution in [0.3, 0.4) is 0 Å². The highest BCUT2D eigenvalue weighted by atomic mass is 16.6. The lowest BCUT2D eigenvalue weighted by Gasteiger charge is -2.20. The fourth-order valence-electron chi connectivity index (χ4n) is 2.75. The molecule has 2 rings (SSSR count). The summed E-state index contributed by atoms with van der Waals surface area (Å²) < 4.78 is 28.0. The largest absolute Gasteiger partial charge is 0.493 e. The highest BCUT2D eigenvalue weighted by Gasteiger charge is 2.19. The van der Waals surface area contributed by atoms with Crippen LogP contribution in [0.15, 0.2) is 54.6 Å². The zero-order valence-electron chi connectivity index (χ0n) is 19.2. The first-order valence-corrected chi connectivity index (χ1v) is 10.2. The van der Waals surface area contributed by atoms with E-state index in [2.05, 4.69) is 13.2 Å². The molecule has 2 atom stereocenters. The molecule has 0 aromatic heterocycles. The number of esters is 2. The van der Waals surface area contributed by atoms with Crippen molar-refractivity contribution < 1.29 is 33.3 Å². The highest BCUT2D eigenvalue weighted by Crippen LogP contribution is 2.41. The van der Waals surface area contributed by atoms with E-state index in [1.165, 1.54) is 7.11 Å². The summed E-state index contributed by atoms with van der Waals surface area (Å²) >= 11 is 0. The average Bonchev–Trinajstić information content (AvgIpc) is 2.75. The highest BCUT2D eigenvalue weighted by molar-refractivity contribution is 5.95. The zero-order chi connectivity index (χ0) is 23.8. The Morgan fingerprint density at radius 3 is 1.84 bits per heavy atom. The maximum atomic E-state index is 11.7. The monoisotopic (exact) mass is 442 g/mol. The normalized spacial score (nSPS) is 12.4. The van der Waals surface area contributed by atoms with Crippen molar-refractivity contribution in [1.29, 1.82) is 0 Å². The summed E-state index contributed by atoms with van der Waals surface area (Å²) in [5, 5.41) is 1.57. The van der Waals surface area contributed by atoms with Crippen molar-refractivity contribution in [1.82, 2.24) is 0 Å². The smallest absolute Gasteiger partial charge is 0.333 e. The van der Waals surface area contributed by atoms with E-state index in [9.17, 15) is 9.59 Å². The maximum absolute atomic E-state index is 11.7. The fourth-order valence-corrected chi connectivity index (χ4v) is 2.75. The van der Waals surface area contributed by atoms with Gasteiger partial charge in [0, 0.05) is 28.0 Å². The standard InChI is InChI=1S/C25H30O7/c1-15(2)24(26)31-17(5)13-29-21-12-22(28-7)23(20-11-9-8-10-19(20)21)30-14-18(6)32-25(27)16(3)4/h8-12,17-18H,1,3,13-14H2,2,4-7H3. The third-order valence-electron chi connectivity index (χ3n) is 4.39. The molecule has 172 valence electrons. The van der Waals surface area contributed by atoms with E-state index < -0.39 is 24.1 Å². The molecule has 7 heteroatoms. The van der Waals surface area contributed by atoms with Crippen LogP contribution < -0.4 is 14.2 Å². The lowest BCUT2D eigenvalue weighted by molar-refractivity contribution is -0.145. The van der Waals surface area contributed by atoms with E-state index in [4.69, 9.17) is 23.7 Å². The van der Waals surface area contributed by atoms with Crippen molar-refractivity contribution in [3.8, 4) is 17.2 Å². The molecule has 2 aromatic carbocycles. The predicted molar refractivity (Wildman–Crippen MR) is 122 cm³/mol. The van der Waals surface area contributed by atoms with Crippen LogP contribution in [0.1, 0.15) is 27.7 Å². The van der Waals surface area contributed by atoms with Crippen LogP contribution in [0.25, 0.3) is 10.8 Å². The van der Waals surface area contributed by atoms with Gasteiger partial charge in [0.2, 0.25) is 0 Å². The number of fused-ring (bicyclic) bond motifs is 1. The molecule has 0 saturated heterocycles. The van der Waals surface area contributed by atoms with E-state index in [0.29, 0.717) is 28.4 Å². The molecule has 0 bridgehead atoms. The van der Waals surface area contributed by atoms with Gasteiger partial charge in [0.25, 0.3) is 0 Å². The Kier molecular flexibility index (Phi) is 8.70. The molecule has 32 heavy (non-hydrogen) atoms. The first kappa shape index (κ1) is 24.8. The zero-order valence-corrected chi connectivity index (χ0v) is 19.2. The van der Waals surface area contributed by atoms with Gasteiger partial charge in [-0.15, -0.1) is 0 Å². The summed E-state index contributed by atoms with van der Waals surface area (Å²) in [7, 11) is 1.53. The molecular formula is C25H30O7. The number of hydrogen-bond acceptors (Lipinski definition) is 7. The molecule has 0 saturated carbocycles. The predicted octanol–water partition coefficient (Wildman–Crippen LogP) is 4.62. The minimum Gasteiger partial charge on any atom is -0.493 e. The van der Waals surface area contributed by atoms with Crippen LogP contribution in [-0.2, 0) is 19.1 Å². The van der Waals surface area contributed by atoms with Crippen molar-refractivity contribution in [3.05, 3.63) is 54.6 Å². The van der Waals surface area contributed by atoms with Gasteiger partial charge in [-0.25, -0.2) is 9.59 Å². The molecule has 0 radical (unpaired) electrons. The molecule has 2 unspecified atom stereocenters. The van der Waals surface area contributed by atoms with Crippen LogP contribution >= 0.6 is 0 Å². The Bertz CT molecular complexity index is 1010. The number of ether oxygens (including phenoxy) is 5. The number of rotatable bonds is 11. The first-order valence-electron chi connectivity index (χ1n) is 10.2. The summed E-state index contributed by atoms with van der Waals surface area (Å²) in [6.45, 7) is 14.1. The third kappa shape index (κ3) is 6.51. The number of hydrogen-bond donors (Lipinski definition) is 0. The van der Waals surface area contributed by atoms with Crippen LogP contribution in [0.5, 0.6) is 17.2 Å². The van der Waals surface area contributed by atoms with Gasteiger partial charge in [-0.1, -0.05) is 37.4 Å². The second-order valence-corrected chi connectivity index (χ2v) is 7.57. The molecule has 7 nitrogen and oxygen atoms in total. The third-order valence-corrected chi connectivity index (χ3v) is 4.39. The molecule has 0 aliphatic rings. The van der Waals surface area contributed by atoms with Gasteiger partial charge in [0.15, 0.2) is 11.5 Å². The minimum atomic E-state index is -0.484. The van der Waals surface area contributed by atoms with Gasteiger partial charge in [0.1, 0.15) is 31.2 Å². The van der Waals surface area contributed by atoms with E-state index in [0.717, 1.165) is 10.8 Å². The van der Waals surface area contributed by atoms with Gasteiger partial charge < -0.3 is 23.7 Å². The van der Waals surface area contributed by atoms with Crippen LogP contribution in [0.4, 0.5) is 0 Å². The molecule has 0 amide bonds. The van der Waals surface area contributed by atoms with Crippen molar-refractivity contribution in [2.45, 2.75) is 39.9 Å². The van der Waals surface area contributed by atoms with Gasteiger partial charge >= 0.3 is 11.9 Å². The molecule has 0 aliphatic heterocycles. The van der Waals surface area contributed by atoms with E-state index in [-0.39, 0.29) is 13.2 Å². The summed E-state index contributed by atoms with van der Waals surface area (Å²) in [5.74, 6) is 0.598. The molecule has 0 heterocycles. The van der Waals surface area contributed by atoms with Crippen molar-refractivity contribution in [2.75, 3.05) is 20.3 Å². The van der Waals surface area contributed by atoms with E-state index in [1.54, 1.807) is 33.8 Å². The fraction of sp³-hybridized carbons (Fsp3) is 0.360. The van der Waals surface area contributed by atoms with Crippen molar-refractivity contribution in [2.24, 2.45) is 0 Å². The second kappa shape index (κ2) is 11.2. The molecule has 0 spiro atoms. The van der Waals surface area contributed by atoms with Gasteiger partial charge in [0.05, 0.1) is 7.11 Å². The quantitative estimate of drug-likeness (QED) is 0.371. The number of benzene rings is 2. The average molecular weight is 443 g/mol. The number of carbonyl (C=O) groups excluding carboxylic acids is 2. The van der Waals surface area contributed by atoms with E-state index >= 15 is 0 Å². The first-order chi connectivity index (χ1) is 15.1. The maximum Gasteiger partial charge on any atom is 0.333 e. The Morgan fingerprint density at radius 1 is 0.844 bits per heavy atom. The topological polar surface area (TPSA) is 80.3 Å². The SMILES string of the molecule is C=C(C)C(=O)OC(C)COc1cc(OC)c(OCC(C)OC(=O)C(=C)C)c2ccccc12.